The second kappa shape index (κ2) is 17.7. The van der Waals surface area contributed by atoms with E-state index in [4.69, 9.17) is 22.0 Å². The number of rotatable bonds is 7. The van der Waals surface area contributed by atoms with E-state index in [9.17, 15) is 0 Å². The molecule has 0 saturated heterocycles. The number of hydrogen-bond donors (Lipinski definition) is 0. The molecule has 64 heavy (non-hydrogen) atoms. The number of pyridine rings is 1. The third-order valence-corrected chi connectivity index (χ3v) is 11.5. The standard InChI is InChI=1S/C45H35N2O2.C13H12N.Ir/c1-27(2)36-23-32(41-26-31-15-8-11-20-40(31)48-41)24-37(28(3)4)43(36)47-39-19-10-9-18-38(39)46-45(47)35-17-12-16-34-33-22-21-30(25-42(33)49-44(34)35)29-13-6-5-7-14-29;1-10-3-6-12(7-4-10)13-8-5-11(2)9-14-13;/h5-16,18-28H,1-4H3;3-6,8-9H,1-2H3;/q2*-1;/i;1D3,2D3;. The Morgan fingerprint density at radius 1 is 0.625 bits per heavy atom. The molecule has 11 rings (SSSR count). The van der Waals surface area contributed by atoms with Gasteiger partial charge in [0.2, 0.25) is 0 Å². The Balaban J connectivity index is 0.000000244. The molecule has 1 radical (unpaired) electrons. The number of fused-ring (bicyclic) bond motifs is 5. The van der Waals surface area contributed by atoms with Gasteiger partial charge in [-0.05, 0) is 94.7 Å². The van der Waals surface area contributed by atoms with Crippen molar-refractivity contribution in [2.75, 3.05) is 0 Å². The van der Waals surface area contributed by atoms with Gasteiger partial charge >= 0.3 is 0 Å². The largest absolute Gasteiger partial charge is 0.501 e. The van der Waals surface area contributed by atoms with E-state index >= 15 is 0 Å². The van der Waals surface area contributed by atoms with Crippen LogP contribution in [0.3, 0.4) is 0 Å². The van der Waals surface area contributed by atoms with Crippen LogP contribution < -0.4 is 0 Å². The summed E-state index contributed by atoms with van der Waals surface area (Å²) in [6.07, 6.45) is 1.30. The molecule has 0 aliphatic carbocycles. The van der Waals surface area contributed by atoms with Crippen molar-refractivity contribution in [2.24, 2.45) is 0 Å². The van der Waals surface area contributed by atoms with E-state index in [2.05, 4.69) is 153 Å². The molecular weight excluding hydrogens is 963 g/mol. The summed E-state index contributed by atoms with van der Waals surface area (Å²) in [5.41, 5.74) is 13.9. The van der Waals surface area contributed by atoms with Crippen LogP contribution in [0.5, 0.6) is 0 Å². The second-order valence-electron chi connectivity index (χ2n) is 16.4. The maximum atomic E-state index is 7.28. The molecule has 0 aliphatic rings. The van der Waals surface area contributed by atoms with Gasteiger partial charge in [-0.25, -0.2) is 0 Å². The Morgan fingerprint density at radius 2 is 1.38 bits per heavy atom. The van der Waals surface area contributed by atoms with Crippen LogP contribution in [-0.2, 0) is 20.1 Å². The van der Waals surface area contributed by atoms with Gasteiger partial charge in [0.1, 0.15) is 16.9 Å². The van der Waals surface area contributed by atoms with Gasteiger partial charge in [-0.2, -0.15) is 0 Å². The van der Waals surface area contributed by atoms with Crippen LogP contribution in [-0.4, -0.2) is 14.5 Å². The third-order valence-electron chi connectivity index (χ3n) is 11.5. The van der Waals surface area contributed by atoms with Crippen LogP contribution in [0.2, 0.25) is 0 Å². The van der Waals surface area contributed by atoms with Crippen LogP contribution in [0.15, 0.2) is 173 Å². The van der Waals surface area contributed by atoms with E-state index in [0.29, 0.717) is 11.3 Å². The minimum absolute atomic E-state index is 0. The summed E-state index contributed by atoms with van der Waals surface area (Å²) >= 11 is 0. The summed E-state index contributed by atoms with van der Waals surface area (Å²) in [6, 6.07) is 58.4. The molecule has 11 aromatic rings. The number of hydrogen-bond acceptors (Lipinski definition) is 4. The summed E-state index contributed by atoms with van der Waals surface area (Å²) in [4.78, 5) is 9.38. The molecule has 0 fully saturated rings. The molecule has 0 atom stereocenters. The molecule has 5 nitrogen and oxygen atoms in total. The van der Waals surface area contributed by atoms with Crippen molar-refractivity contribution in [3.63, 3.8) is 0 Å². The molecule has 4 heterocycles. The van der Waals surface area contributed by atoms with E-state index in [0.717, 1.165) is 83.5 Å². The Labute approximate surface area is 396 Å². The Kier molecular flexibility index (Phi) is 9.86. The first-order valence-corrected chi connectivity index (χ1v) is 21.2. The van der Waals surface area contributed by atoms with Gasteiger partial charge in [-0.1, -0.05) is 130 Å². The molecule has 7 aromatic carbocycles. The molecule has 0 aliphatic heterocycles. The molecule has 0 bridgehead atoms. The SMILES string of the molecule is CC(C)c1cc(-c2cc3ccccc3o2)cc(C(C)C)c1-n1c(-c2[c-]ccc3c2oc2cc(-c4ccccc4)ccc23)nc2ccccc21.[2H]C([2H])([2H])c1c[c-]c(-c2ccc(C([2H])([2H])[2H])cn2)cc1.[Ir]. The van der Waals surface area contributed by atoms with Crippen molar-refractivity contribution >= 4 is 43.9 Å². The van der Waals surface area contributed by atoms with Crippen molar-refractivity contribution in [2.45, 2.75) is 53.2 Å². The zero-order valence-corrected chi connectivity index (χ0v) is 38.1. The Bertz CT molecular complexity index is 3530. The molecule has 0 unspecified atom stereocenters. The molecule has 317 valence electrons. The number of furan rings is 2. The van der Waals surface area contributed by atoms with Crippen molar-refractivity contribution in [3.8, 4) is 50.8 Å². The fraction of sp³-hybridized carbons (Fsp3) is 0.138. The molecule has 0 spiro atoms. The third kappa shape index (κ3) is 8.00. The molecule has 0 amide bonds. The average Bonchev–Trinajstić information content (AvgIpc) is 4.07. The normalized spacial score (nSPS) is 13.2. The predicted octanol–water partition coefficient (Wildman–Crippen LogP) is 15.9. The van der Waals surface area contributed by atoms with Crippen LogP contribution >= 0.6 is 0 Å². The van der Waals surface area contributed by atoms with Crippen LogP contribution in [0.4, 0.5) is 0 Å². The quantitative estimate of drug-likeness (QED) is 0.149. The fourth-order valence-corrected chi connectivity index (χ4v) is 8.36. The van der Waals surface area contributed by atoms with Crippen molar-refractivity contribution in [3.05, 3.63) is 198 Å². The van der Waals surface area contributed by atoms with E-state index in [1.165, 1.54) is 35.5 Å². The van der Waals surface area contributed by atoms with Gasteiger partial charge < -0.3 is 18.4 Å². The van der Waals surface area contributed by atoms with Gasteiger partial charge in [-0.3, -0.25) is 4.98 Å². The van der Waals surface area contributed by atoms with Crippen molar-refractivity contribution < 1.29 is 37.2 Å². The Hall–Kier alpha value is -6.85. The summed E-state index contributed by atoms with van der Waals surface area (Å²) < 4.78 is 59.1. The van der Waals surface area contributed by atoms with Crippen LogP contribution in [0.1, 0.15) is 70.0 Å². The summed E-state index contributed by atoms with van der Waals surface area (Å²) in [5, 5.41) is 3.23. The molecule has 0 saturated carbocycles. The van der Waals surface area contributed by atoms with Crippen LogP contribution in [0.25, 0.3) is 94.7 Å². The van der Waals surface area contributed by atoms with Gasteiger partial charge in [0.15, 0.2) is 0 Å². The first-order valence-electron chi connectivity index (χ1n) is 24.2. The fourth-order valence-electron chi connectivity index (χ4n) is 8.36. The van der Waals surface area contributed by atoms with Gasteiger partial charge in [-0.15, -0.1) is 53.6 Å². The maximum absolute atomic E-state index is 7.28. The number of para-hydroxylation sites is 3. The molecule has 4 aromatic heterocycles. The van der Waals surface area contributed by atoms with Gasteiger partial charge in [0.05, 0.1) is 22.4 Å². The Morgan fingerprint density at radius 3 is 2.09 bits per heavy atom. The van der Waals surface area contributed by atoms with Gasteiger partial charge in [0.25, 0.3) is 0 Å². The number of benzene rings is 7. The van der Waals surface area contributed by atoms with E-state index in [-0.39, 0.29) is 43.1 Å². The number of aryl methyl sites for hydroxylation is 2. The van der Waals surface area contributed by atoms with Crippen molar-refractivity contribution in [1.82, 2.24) is 14.5 Å². The second-order valence-corrected chi connectivity index (χ2v) is 16.4. The smallest absolute Gasteiger partial charge is 0.135 e. The maximum Gasteiger partial charge on any atom is 0.135 e. The monoisotopic (exact) mass is 1020 g/mol. The summed E-state index contributed by atoms with van der Waals surface area (Å²) in [5.74, 6) is 2.15. The first kappa shape index (κ1) is 35.6. The minimum atomic E-state index is -2.18. The zero-order valence-electron chi connectivity index (χ0n) is 41.7. The molecule has 0 N–H and O–H groups in total. The van der Waals surface area contributed by atoms with Crippen molar-refractivity contribution in [1.29, 1.82) is 0 Å². The number of nitrogens with zero attached hydrogens (tertiary/aromatic N) is 3. The summed E-state index contributed by atoms with van der Waals surface area (Å²) in [6.45, 7) is 4.72. The van der Waals surface area contributed by atoms with E-state index < -0.39 is 13.7 Å². The first-order chi connectivity index (χ1) is 33.1. The van der Waals surface area contributed by atoms with E-state index in [1.54, 1.807) is 12.1 Å². The number of imidazole rings is 1. The number of aromatic nitrogens is 3. The molecular formula is C58H47IrN3O2-2. The van der Waals surface area contributed by atoms with Crippen LogP contribution in [0, 0.1) is 25.8 Å². The predicted molar refractivity (Wildman–Crippen MR) is 259 cm³/mol. The molecule has 6 heteroatoms. The zero-order chi connectivity index (χ0) is 48.2. The average molecular weight is 1020 g/mol. The van der Waals surface area contributed by atoms with E-state index in [1.807, 2.05) is 24.3 Å². The topological polar surface area (TPSA) is 57.0 Å². The minimum Gasteiger partial charge on any atom is -0.501 e. The van der Waals surface area contributed by atoms with Gasteiger partial charge in [0, 0.05) is 56.6 Å². The summed E-state index contributed by atoms with van der Waals surface area (Å²) in [7, 11) is 0.